The SMILES string of the molecule is C=C(C)C(=O)Oc1ccc(CCC(=O)Oc2ccc(OC(=O)C(=C)C)cc2)cc1. The molecule has 0 aliphatic rings. The highest BCUT2D eigenvalue weighted by molar-refractivity contribution is 5.89. The number of ether oxygens (including phenoxy) is 3. The summed E-state index contributed by atoms with van der Waals surface area (Å²) in [4.78, 5) is 35.0. The number of benzene rings is 2. The molecule has 2 rings (SSSR count). The molecule has 2 aromatic rings. The zero-order valence-corrected chi connectivity index (χ0v) is 16.4. The lowest BCUT2D eigenvalue weighted by Gasteiger charge is -2.07. The Morgan fingerprint density at radius 3 is 1.48 bits per heavy atom. The van der Waals surface area contributed by atoms with Crippen molar-refractivity contribution in [3.63, 3.8) is 0 Å². The molecule has 0 N–H and O–H groups in total. The zero-order valence-electron chi connectivity index (χ0n) is 16.4. The molecule has 0 spiro atoms. The van der Waals surface area contributed by atoms with Gasteiger partial charge in [0.1, 0.15) is 17.2 Å². The van der Waals surface area contributed by atoms with Crippen LogP contribution in [-0.4, -0.2) is 17.9 Å². The molecule has 6 heteroatoms. The van der Waals surface area contributed by atoms with Gasteiger partial charge in [0.2, 0.25) is 0 Å². The Bertz CT molecular complexity index is 923. The van der Waals surface area contributed by atoms with E-state index in [0.29, 0.717) is 34.8 Å². The van der Waals surface area contributed by atoms with Crippen LogP contribution in [0.25, 0.3) is 0 Å². The van der Waals surface area contributed by atoms with Gasteiger partial charge in [-0.2, -0.15) is 0 Å². The van der Waals surface area contributed by atoms with E-state index >= 15 is 0 Å². The summed E-state index contributed by atoms with van der Waals surface area (Å²) in [7, 11) is 0. The number of aryl methyl sites for hydroxylation is 1. The third kappa shape index (κ3) is 7.10. The Morgan fingerprint density at radius 2 is 1.07 bits per heavy atom. The fourth-order valence-electron chi connectivity index (χ4n) is 2.12. The second-order valence-electron chi connectivity index (χ2n) is 6.43. The van der Waals surface area contributed by atoms with Gasteiger partial charge in [0.15, 0.2) is 0 Å². The maximum Gasteiger partial charge on any atom is 0.338 e. The van der Waals surface area contributed by atoms with E-state index in [0.717, 1.165) is 5.56 Å². The van der Waals surface area contributed by atoms with E-state index < -0.39 is 17.9 Å². The van der Waals surface area contributed by atoms with E-state index in [1.165, 1.54) is 12.1 Å². The minimum absolute atomic E-state index is 0.178. The van der Waals surface area contributed by atoms with Crippen molar-refractivity contribution in [1.29, 1.82) is 0 Å². The number of esters is 3. The average Bonchev–Trinajstić information content (AvgIpc) is 2.68. The summed E-state index contributed by atoms with van der Waals surface area (Å²) in [5.74, 6) is -0.291. The number of rotatable bonds is 8. The highest BCUT2D eigenvalue weighted by atomic mass is 16.5. The summed E-state index contributed by atoms with van der Waals surface area (Å²) in [6.45, 7) is 10.2. The summed E-state index contributed by atoms with van der Waals surface area (Å²) in [5.41, 5.74) is 1.51. The van der Waals surface area contributed by atoms with Gasteiger partial charge in [-0.05, 0) is 62.2 Å². The third-order valence-electron chi connectivity index (χ3n) is 3.71. The summed E-state index contributed by atoms with van der Waals surface area (Å²) < 4.78 is 15.5. The molecule has 6 nitrogen and oxygen atoms in total. The van der Waals surface area contributed by atoms with E-state index in [2.05, 4.69) is 13.2 Å². The summed E-state index contributed by atoms with van der Waals surface area (Å²) in [6.07, 6.45) is 0.652. The largest absolute Gasteiger partial charge is 0.427 e. The fraction of sp³-hybridized carbons (Fsp3) is 0.174. The molecule has 0 bridgehead atoms. The molecule has 0 aliphatic heterocycles. The Morgan fingerprint density at radius 1 is 0.690 bits per heavy atom. The molecule has 0 amide bonds. The van der Waals surface area contributed by atoms with Gasteiger partial charge in [-0.15, -0.1) is 0 Å². The van der Waals surface area contributed by atoms with E-state index in [1.54, 1.807) is 50.2 Å². The van der Waals surface area contributed by atoms with Crippen molar-refractivity contribution in [2.45, 2.75) is 26.7 Å². The first-order valence-electron chi connectivity index (χ1n) is 8.89. The molecule has 0 fully saturated rings. The van der Waals surface area contributed by atoms with Crippen molar-refractivity contribution in [2.75, 3.05) is 0 Å². The molecule has 150 valence electrons. The highest BCUT2D eigenvalue weighted by Crippen LogP contribution is 2.19. The first-order valence-corrected chi connectivity index (χ1v) is 8.89. The molecule has 0 saturated carbocycles. The van der Waals surface area contributed by atoms with Crippen molar-refractivity contribution in [3.8, 4) is 17.2 Å². The van der Waals surface area contributed by atoms with Crippen LogP contribution in [0.15, 0.2) is 72.8 Å². The lowest BCUT2D eigenvalue weighted by Crippen LogP contribution is -2.10. The molecule has 0 atom stereocenters. The topological polar surface area (TPSA) is 78.9 Å². The van der Waals surface area contributed by atoms with Crippen molar-refractivity contribution in [2.24, 2.45) is 0 Å². The van der Waals surface area contributed by atoms with Crippen molar-refractivity contribution < 1.29 is 28.6 Å². The Balaban J connectivity index is 1.82. The standard InChI is InChI=1S/C23H22O6/c1-15(2)22(25)28-19-8-5-17(6-9-19)7-14-21(24)27-18-10-12-20(13-11-18)29-23(26)16(3)4/h5-6,8-13H,1,3,7,14H2,2,4H3. The van der Waals surface area contributed by atoms with Gasteiger partial charge in [0.05, 0.1) is 0 Å². The summed E-state index contributed by atoms with van der Waals surface area (Å²) in [6, 6.07) is 13.0. The second-order valence-corrected chi connectivity index (χ2v) is 6.43. The molecule has 0 aliphatic carbocycles. The first kappa shape index (κ1) is 21.6. The number of hydrogen-bond acceptors (Lipinski definition) is 6. The lowest BCUT2D eigenvalue weighted by atomic mass is 10.1. The van der Waals surface area contributed by atoms with Crippen LogP contribution in [0.5, 0.6) is 17.2 Å². The maximum absolute atomic E-state index is 12.0. The molecular weight excluding hydrogens is 372 g/mol. The quantitative estimate of drug-likeness (QED) is 0.380. The third-order valence-corrected chi connectivity index (χ3v) is 3.71. The predicted molar refractivity (Wildman–Crippen MR) is 108 cm³/mol. The number of hydrogen-bond donors (Lipinski definition) is 0. The smallest absolute Gasteiger partial charge is 0.338 e. The van der Waals surface area contributed by atoms with Gasteiger partial charge < -0.3 is 14.2 Å². The Kier molecular flexibility index (Phi) is 7.48. The van der Waals surface area contributed by atoms with E-state index in [1.807, 2.05) is 0 Å². The van der Waals surface area contributed by atoms with E-state index in [9.17, 15) is 14.4 Å². The molecule has 0 heterocycles. The van der Waals surface area contributed by atoms with Crippen molar-refractivity contribution in [3.05, 3.63) is 78.4 Å². The average molecular weight is 394 g/mol. The summed E-state index contributed by atoms with van der Waals surface area (Å²) >= 11 is 0. The predicted octanol–water partition coefficient (Wildman–Crippen LogP) is 4.19. The van der Waals surface area contributed by atoms with Crippen LogP contribution < -0.4 is 14.2 Å². The van der Waals surface area contributed by atoms with Crippen LogP contribution in [-0.2, 0) is 20.8 Å². The minimum atomic E-state index is -0.518. The Labute approximate surface area is 169 Å². The maximum atomic E-state index is 12.0. The second kappa shape index (κ2) is 10.0. The van der Waals surface area contributed by atoms with Gasteiger partial charge in [-0.25, -0.2) is 9.59 Å². The Hall–Kier alpha value is -3.67. The van der Waals surface area contributed by atoms with Crippen LogP contribution in [0.2, 0.25) is 0 Å². The summed E-state index contributed by atoms with van der Waals surface area (Å²) in [5, 5.41) is 0. The fourth-order valence-corrected chi connectivity index (χ4v) is 2.12. The normalized spacial score (nSPS) is 10.0. The molecule has 0 aromatic heterocycles. The van der Waals surface area contributed by atoms with Gasteiger partial charge in [0, 0.05) is 17.6 Å². The van der Waals surface area contributed by atoms with Crippen molar-refractivity contribution >= 4 is 17.9 Å². The minimum Gasteiger partial charge on any atom is -0.427 e. The van der Waals surface area contributed by atoms with Gasteiger partial charge in [-0.1, -0.05) is 25.3 Å². The van der Waals surface area contributed by atoms with E-state index in [4.69, 9.17) is 14.2 Å². The van der Waals surface area contributed by atoms with Gasteiger partial charge in [-0.3, -0.25) is 4.79 Å². The van der Waals surface area contributed by atoms with Crippen LogP contribution >= 0.6 is 0 Å². The van der Waals surface area contributed by atoms with Gasteiger partial charge in [0.25, 0.3) is 0 Å². The van der Waals surface area contributed by atoms with E-state index in [-0.39, 0.29) is 6.42 Å². The first-order chi connectivity index (χ1) is 13.7. The number of carbonyl (C=O) groups is 3. The van der Waals surface area contributed by atoms with Crippen LogP contribution in [0.3, 0.4) is 0 Å². The molecular formula is C23H22O6. The van der Waals surface area contributed by atoms with Crippen LogP contribution in [0, 0.1) is 0 Å². The van der Waals surface area contributed by atoms with Crippen LogP contribution in [0.4, 0.5) is 0 Å². The molecule has 0 radical (unpaired) electrons. The molecule has 29 heavy (non-hydrogen) atoms. The van der Waals surface area contributed by atoms with Gasteiger partial charge >= 0.3 is 17.9 Å². The van der Waals surface area contributed by atoms with Crippen LogP contribution in [0.1, 0.15) is 25.8 Å². The monoisotopic (exact) mass is 394 g/mol. The number of carbonyl (C=O) groups excluding carboxylic acids is 3. The van der Waals surface area contributed by atoms with Crippen molar-refractivity contribution in [1.82, 2.24) is 0 Å². The zero-order chi connectivity index (χ0) is 21.4. The lowest BCUT2D eigenvalue weighted by molar-refractivity contribution is -0.134. The molecule has 0 unspecified atom stereocenters. The molecule has 2 aromatic carbocycles. The molecule has 0 saturated heterocycles. The highest BCUT2D eigenvalue weighted by Gasteiger charge is 2.09.